The molecule has 0 bridgehead atoms. The summed E-state index contributed by atoms with van der Waals surface area (Å²) in [5, 5.41) is 11.4. The molecule has 0 saturated carbocycles. The van der Waals surface area contributed by atoms with E-state index in [2.05, 4.69) is 25.1 Å². The molecule has 3 heterocycles. The van der Waals surface area contributed by atoms with Gasteiger partial charge in [0.05, 0.1) is 22.4 Å². The zero-order chi connectivity index (χ0) is 16.4. The first kappa shape index (κ1) is 15.9. The third-order valence-corrected chi connectivity index (χ3v) is 4.76. The van der Waals surface area contributed by atoms with Crippen LogP contribution in [0.15, 0.2) is 25.9 Å². The predicted molar refractivity (Wildman–Crippen MR) is 87.8 cm³/mol. The van der Waals surface area contributed by atoms with E-state index in [1.807, 2.05) is 19.2 Å². The Morgan fingerprint density at radius 2 is 2.17 bits per heavy atom. The average Bonchev–Trinajstić information content (AvgIpc) is 3.07. The molecule has 120 valence electrons. The molecule has 1 N–H and O–H groups in total. The molecule has 1 atom stereocenters. The Kier molecular flexibility index (Phi) is 4.58. The molecule has 23 heavy (non-hydrogen) atoms. The van der Waals surface area contributed by atoms with Crippen LogP contribution in [-0.2, 0) is 6.42 Å². The summed E-state index contributed by atoms with van der Waals surface area (Å²) in [5.74, 6) is 1.12. The van der Waals surface area contributed by atoms with Gasteiger partial charge in [-0.1, -0.05) is 11.8 Å². The molecule has 0 amide bonds. The number of nitrogens with zero attached hydrogens (tertiary/aromatic N) is 4. The van der Waals surface area contributed by atoms with E-state index in [-0.39, 0.29) is 10.8 Å². The monoisotopic (exact) mass is 349 g/mol. The fourth-order valence-corrected chi connectivity index (χ4v) is 3.37. The van der Waals surface area contributed by atoms with Gasteiger partial charge in [0.1, 0.15) is 5.82 Å². The molecule has 0 aliphatic rings. The molecule has 9 heteroatoms. The standard InChI is InChI=1S/C14H15N5O2S2/c1-7-4-11(20)17-13(15-7)8(2)23-14-19-18-12(21-14)5-10-6-22-9(3)16-10/h4,6,8H,5H2,1-3H3,(H,15,17,20)/t8-/m0/s1. The van der Waals surface area contributed by atoms with Crippen molar-refractivity contribution in [3.8, 4) is 0 Å². The third-order valence-electron chi connectivity index (χ3n) is 3.00. The Labute approximate surface area is 140 Å². The molecule has 0 aliphatic carbocycles. The number of thiazole rings is 1. The van der Waals surface area contributed by atoms with E-state index in [0.717, 1.165) is 10.7 Å². The largest absolute Gasteiger partial charge is 0.416 e. The van der Waals surface area contributed by atoms with Gasteiger partial charge in [-0.2, -0.15) is 0 Å². The van der Waals surface area contributed by atoms with Gasteiger partial charge >= 0.3 is 0 Å². The molecule has 3 rings (SSSR count). The summed E-state index contributed by atoms with van der Waals surface area (Å²) in [5.41, 5.74) is 1.44. The highest BCUT2D eigenvalue weighted by Gasteiger charge is 2.16. The lowest BCUT2D eigenvalue weighted by molar-refractivity contribution is 0.418. The molecule has 0 saturated heterocycles. The van der Waals surface area contributed by atoms with E-state index in [1.54, 1.807) is 18.3 Å². The molecule has 0 aliphatic heterocycles. The number of aromatic nitrogens is 5. The number of hydrogen-bond donors (Lipinski definition) is 1. The minimum Gasteiger partial charge on any atom is -0.416 e. The molecule has 3 aromatic rings. The summed E-state index contributed by atoms with van der Waals surface area (Å²) < 4.78 is 5.64. The van der Waals surface area contributed by atoms with Crippen LogP contribution >= 0.6 is 23.1 Å². The predicted octanol–water partition coefficient (Wildman–Crippen LogP) is 2.67. The molecule has 7 nitrogen and oxygen atoms in total. The first-order valence-corrected chi connectivity index (χ1v) is 8.73. The highest BCUT2D eigenvalue weighted by atomic mass is 32.2. The third kappa shape index (κ3) is 4.05. The lowest BCUT2D eigenvalue weighted by atomic mass is 10.3. The molecule has 3 aromatic heterocycles. The number of thioether (sulfide) groups is 1. The van der Waals surface area contributed by atoms with Crippen molar-refractivity contribution in [3.63, 3.8) is 0 Å². The summed E-state index contributed by atoms with van der Waals surface area (Å²) in [7, 11) is 0. The minimum absolute atomic E-state index is 0.0996. The Balaban J connectivity index is 1.69. The lowest BCUT2D eigenvalue weighted by Crippen LogP contribution is -2.12. The molecule has 0 unspecified atom stereocenters. The molecule has 0 fully saturated rings. The van der Waals surface area contributed by atoms with Gasteiger partial charge in [-0.05, 0) is 20.8 Å². The van der Waals surface area contributed by atoms with Crippen LogP contribution in [0.2, 0.25) is 0 Å². The number of aromatic amines is 1. The summed E-state index contributed by atoms with van der Waals surface area (Å²) in [6, 6.07) is 1.46. The second kappa shape index (κ2) is 6.63. The van der Waals surface area contributed by atoms with Crippen LogP contribution < -0.4 is 5.56 Å². The number of nitrogens with one attached hydrogen (secondary N) is 1. The van der Waals surface area contributed by atoms with Gasteiger partial charge < -0.3 is 9.40 Å². The summed E-state index contributed by atoms with van der Waals surface area (Å²) >= 11 is 2.95. The van der Waals surface area contributed by atoms with Crippen molar-refractivity contribution in [1.29, 1.82) is 0 Å². The van der Waals surface area contributed by atoms with Crippen LogP contribution in [0.4, 0.5) is 0 Å². The SMILES string of the molecule is Cc1cc(=O)[nH]c([C@H](C)Sc2nnc(Cc3csc(C)n3)o2)n1. The smallest absolute Gasteiger partial charge is 0.277 e. The Morgan fingerprint density at radius 1 is 1.35 bits per heavy atom. The maximum Gasteiger partial charge on any atom is 0.277 e. The Bertz CT molecular complexity index is 870. The molecular formula is C14H15N5O2S2. The van der Waals surface area contributed by atoms with Gasteiger partial charge in [0.15, 0.2) is 0 Å². The van der Waals surface area contributed by atoms with E-state index < -0.39 is 0 Å². The topological polar surface area (TPSA) is 97.6 Å². The van der Waals surface area contributed by atoms with Crippen molar-refractivity contribution in [1.82, 2.24) is 25.1 Å². The fraction of sp³-hybridized carbons (Fsp3) is 0.357. The normalized spacial score (nSPS) is 12.5. The van der Waals surface area contributed by atoms with Gasteiger partial charge in [0, 0.05) is 17.1 Å². The maximum absolute atomic E-state index is 11.5. The van der Waals surface area contributed by atoms with Crippen molar-refractivity contribution in [2.45, 2.75) is 37.7 Å². The van der Waals surface area contributed by atoms with Crippen molar-refractivity contribution >= 4 is 23.1 Å². The van der Waals surface area contributed by atoms with Gasteiger partial charge in [-0.15, -0.1) is 21.5 Å². The van der Waals surface area contributed by atoms with Crippen LogP contribution in [0.1, 0.15) is 40.3 Å². The number of hydrogen-bond acceptors (Lipinski definition) is 8. The summed E-state index contributed by atoms with van der Waals surface area (Å²) in [6.07, 6.45) is 0.520. The zero-order valence-corrected chi connectivity index (χ0v) is 14.5. The fourth-order valence-electron chi connectivity index (χ4n) is 2.00. The zero-order valence-electron chi connectivity index (χ0n) is 12.9. The number of rotatable bonds is 5. The number of aryl methyl sites for hydroxylation is 2. The van der Waals surface area contributed by atoms with Crippen LogP contribution in [0.25, 0.3) is 0 Å². The van der Waals surface area contributed by atoms with Gasteiger partial charge in [-0.25, -0.2) is 9.97 Å². The van der Waals surface area contributed by atoms with E-state index in [0.29, 0.717) is 29.1 Å². The van der Waals surface area contributed by atoms with E-state index >= 15 is 0 Å². The average molecular weight is 349 g/mol. The van der Waals surface area contributed by atoms with Crippen molar-refractivity contribution in [2.24, 2.45) is 0 Å². The molecule has 0 spiro atoms. The van der Waals surface area contributed by atoms with E-state index in [1.165, 1.54) is 17.8 Å². The first-order chi connectivity index (χ1) is 11.0. The van der Waals surface area contributed by atoms with Crippen LogP contribution in [0.5, 0.6) is 0 Å². The second-order valence-electron chi connectivity index (χ2n) is 5.03. The van der Waals surface area contributed by atoms with Crippen molar-refractivity contribution in [2.75, 3.05) is 0 Å². The van der Waals surface area contributed by atoms with Crippen LogP contribution in [0, 0.1) is 13.8 Å². The van der Waals surface area contributed by atoms with Crippen LogP contribution in [-0.4, -0.2) is 25.1 Å². The van der Waals surface area contributed by atoms with Crippen molar-refractivity contribution in [3.05, 3.63) is 49.9 Å². The molecule has 0 aromatic carbocycles. The first-order valence-electron chi connectivity index (χ1n) is 6.97. The van der Waals surface area contributed by atoms with E-state index in [9.17, 15) is 4.79 Å². The lowest BCUT2D eigenvalue weighted by Gasteiger charge is -2.07. The second-order valence-corrected chi connectivity index (χ2v) is 7.38. The quantitative estimate of drug-likeness (QED) is 0.707. The van der Waals surface area contributed by atoms with Gasteiger partial charge in [-0.3, -0.25) is 4.79 Å². The minimum atomic E-state index is -0.162. The number of H-pyrrole nitrogens is 1. The van der Waals surface area contributed by atoms with Gasteiger partial charge in [0.2, 0.25) is 5.89 Å². The highest BCUT2D eigenvalue weighted by Crippen LogP contribution is 2.31. The van der Waals surface area contributed by atoms with Crippen LogP contribution in [0.3, 0.4) is 0 Å². The highest BCUT2D eigenvalue weighted by molar-refractivity contribution is 7.99. The Morgan fingerprint density at radius 3 is 2.87 bits per heavy atom. The van der Waals surface area contributed by atoms with Crippen molar-refractivity contribution < 1.29 is 4.42 Å². The Hall–Kier alpha value is -2.00. The van der Waals surface area contributed by atoms with E-state index in [4.69, 9.17) is 4.42 Å². The summed E-state index contributed by atoms with van der Waals surface area (Å²) in [6.45, 7) is 5.67. The maximum atomic E-state index is 11.5. The van der Waals surface area contributed by atoms with Gasteiger partial charge in [0.25, 0.3) is 10.8 Å². The summed E-state index contributed by atoms with van der Waals surface area (Å²) in [4.78, 5) is 23.0. The molecular weight excluding hydrogens is 334 g/mol. The molecule has 0 radical (unpaired) electrons.